The Bertz CT molecular complexity index is 1720. The maximum Gasteiger partial charge on any atom is 0.332 e. The number of anilines is 1. The number of nitrogens with one attached hydrogen (secondary N) is 2. The monoisotopic (exact) mass is 653 g/mol. The number of aryl methyl sites for hydroxylation is 2. The van der Waals surface area contributed by atoms with E-state index in [0.29, 0.717) is 42.4 Å². The zero-order valence-electron chi connectivity index (χ0n) is 31.1. The van der Waals surface area contributed by atoms with E-state index in [-0.39, 0.29) is 34.9 Å². The highest BCUT2D eigenvalue weighted by atomic mass is 16.2. The molecule has 1 atom stereocenters. The summed E-state index contributed by atoms with van der Waals surface area (Å²) in [5, 5.41) is 5.32. The summed E-state index contributed by atoms with van der Waals surface area (Å²) in [6.07, 6.45) is 4.86. The van der Waals surface area contributed by atoms with E-state index in [4.69, 9.17) is 0 Å². The lowest BCUT2D eigenvalue weighted by atomic mass is 9.77. The third-order valence-electron chi connectivity index (χ3n) is 8.27. The lowest BCUT2D eigenvalue weighted by molar-refractivity contribution is -0.117. The summed E-state index contributed by atoms with van der Waals surface area (Å²) in [6.45, 7) is 25.8. The van der Waals surface area contributed by atoms with Crippen LogP contribution in [0.4, 0.5) is 5.69 Å². The van der Waals surface area contributed by atoms with Crippen molar-refractivity contribution < 1.29 is 11.7 Å². The normalized spacial score (nSPS) is 17.0. The number of imidazole rings is 1. The van der Waals surface area contributed by atoms with Crippen LogP contribution in [0.5, 0.6) is 0 Å². The van der Waals surface area contributed by atoms with Gasteiger partial charge in [-0.3, -0.25) is 18.7 Å². The van der Waals surface area contributed by atoms with E-state index in [2.05, 4.69) is 88.0 Å². The number of hydrogen-bond donors (Lipinski definition) is 2. The van der Waals surface area contributed by atoms with Gasteiger partial charge < -0.3 is 15.8 Å². The van der Waals surface area contributed by atoms with Crippen molar-refractivity contribution in [3.63, 3.8) is 0 Å². The van der Waals surface area contributed by atoms with Gasteiger partial charge in [0.05, 0.1) is 5.69 Å². The number of benzene rings is 2. The number of hydrogen-bond acceptors (Lipinski definition) is 4. The van der Waals surface area contributed by atoms with Crippen molar-refractivity contribution in [1.82, 2.24) is 19.1 Å². The molecule has 1 amide bonds. The smallest absolute Gasteiger partial charge is 0.332 e. The quantitative estimate of drug-likeness (QED) is 0.213. The Morgan fingerprint density at radius 3 is 2.17 bits per heavy atom. The maximum absolute atomic E-state index is 12.8. The molecule has 6 rings (SSSR count). The van der Waals surface area contributed by atoms with E-state index < -0.39 is 0 Å². The molecule has 0 saturated heterocycles. The summed E-state index contributed by atoms with van der Waals surface area (Å²) in [5.74, 6) is 1.34. The maximum atomic E-state index is 12.8. The van der Waals surface area contributed by atoms with Gasteiger partial charge >= 0.3 is 5.69 Å². The fraction of sp³-hybridized carbons (Fsp3) is 0.579. The highest BCUT2D eigenvalue weighted by Crippen LogP contribution is 2.41. The summed E-state index contributed by atoms with van der Waals surface area (Å²) in [4.78, 5) is 44.6. The largest absolute Gasteiger partial charge is 0.412 e. The molecular weight excluding hydrogens is 590 g/mol. The van der Waals surface area contributed by atoms with Gasteiger partial charge in [0.25, 0.3) is 5.56 Å². The minimum Gasteiger partial charge on any atom is -0.412 e. The molecule has 2 aromatic heterocycles. The molecule has 2 bridgehead atoms. The zero-order chi connectivity index (χ0) is 34.8. The number of amides is 1. The van der Waals surface area contributed by atoms with E-state index in [1.165, 1.54) is 21.9 Å². The molecule has 4 N–H and O–H groups in total. The molecule has 0 saturated carbocycles. The average Bonchev–Trinajstić information content (AvgIpc) is 3.43. The molecule has 0 radical (unpaired) electrons. The minimum atomic E-state index is -0.250. The van der Waals surface area contributed by atoms with Crippen molar-refractivity contribution in [2.24, 2.45) is 11.3 Å². The first-order chi connectivity index (χ1) is 21.8. The lowest BCUT2D eigenvalue weighted by Gasteiger charge is -2.32. The molecular formula is C38H63N5O4. The van der Waals surface area contributed by atoms with Gasteiger partial charge in [0.15, 0.2) is 5.65 Å². The molecule has 0 fully saturated rings. The second kappa shape index (κ2) is 18.0. The second-order valence-corrected chi connectivity index (χ2v) is 13.3. The van der Waals surface area contributed by atoms with E-state index >= 15 is 0 Å². The molecule has 4 heterocycles. The molecule has 4 aromatic rings. The average molecular weight is 654 g/mol. The van der Waals surface area contributed by atoms with Crippen molar-refractivity contribution in [1.29, 1.82) is 0 Å². The summed E-state index contributed by atoms with van der Waals surface area (Å²) in [5.41, 5.74) is 2.53. The van der Waals surface area contributed by atoms with Crippen LogP contribution < -0.4 is 16.6 Å². The van der Waals surface area contributed by atoms with Crippen molar-refractivity contribution in [2.75, 3.05) is 5.32 Å². The van der Waals surface area contributed by atoms with Crippen LogP contribution in [0.3, 0.4) is 0 Å². The molecule has 264 valence electrons. The van der Waals surface area contributed by atoms with Crippen molar-refractivity contribution in [3.05, 3.63) is 68.6 Å². The van der Waals surface area contributed by atoms with Gasteiger partial charge in [0.2, 0.25) is 5.91 Å². The number of rotatable bonds is 1. The molecule has 0 spiro atoms. The summed E-state index contributed by atoms with van der Waals surface area (Å²) >= 11 is 0. The van der Waals surface area contributed by atoms with Crippen LogP contribution in [0.1, 0.15) is 121 Å². The molecule has 1 unspecified atom stereocenters. The number of carbonyl (C=O) groups excluding carboxylic acids is 1. The van der Waals surface area contributed by atoms with Crippen molar-refractivity contribution >= 4 is 33.5 Å². The molecule has 9 heteroatoms. The van der Waals surface area contributed by atoms with Crippen LogP contribution in [0.15, 0.2) is 46.0 Å². The van der Waals surface area contributed by atoms with Gasteiger partial charge in [-0.05, 0) is 42.0 Å². The highest BCUT2D eigenvalue weighted by Gasteiger charge is 2.32. The molecule has 2 aliphatic heterocycles. The van der Waals surface area contributed by atoms with Crippen molar-refractivity contribution in [3.8, 4) is 0 Å². The number of aromatic amines is 1. The predicted octanol–water partition coefficient (Wildman–Crippen LogP) is 8.39. The number of H-pyrrole nitrogens is 1. The third-order valence-corrected chi connectivity index (χ3v) is 8.27. The van der Waals surface area contributed by atoms with Gasteiger partial charge in [-0.2, -0.15) is 0 Å². The first-order valence-corrected chi connectivity index (χ1v) is 17.3. The first-order valence-electron chi connectivity index (χ1n) is 17.3. The minimum absolute atomic E-state index is 0. The second-order valence-electron chi connectivity index (χ2n) is 13.3. The molecule has 2 aromatic carbocycles. The topological polar surface area (TPSA) is 133 Å². The number of aromatic nitrogens is 4. The Labute approximate surface area is 283 Å². The summed E-state index contributed by atoms with van der Waals surface area (Å²) in [6, 6.07) is 12.4. The molecule has 47 heavy (non-hydrogen) atoms. The van der Waals surface area contributed by atoms with Gasteiger partial charge in [-0.15, -0.1) is 0 Å². The van der Waals surface area contributed by atoms with E-state index in [0.717, 1.165) is 30.3 Å². The van der Waals surface area contributed by atoms with E-state index in [1.807, 2.05) is 46.8 Å². The van der Waals surface area contributed by atoms with Crippen LogP contribution in [0.2, 0.25) is 0 Å². The zero-order valence-corrected chi connectivity index (χ0v) is 31.1. The van der Waals surface area contributed by atoms with Crippen LogP contribution in [-0.4, -0.2) is 30.5 Å². The fourth-order valence-corrected chi connectivity index (χ4v) is 6.31. The fourth-order valence-electron chi connectivity index (χ4n) is 6.31. The number of carbonyl (C=O) groups is 1. The third kappa shape index (κ3) is 9.66. The molecule has 2 aliphatic rings. The Hall–Kier alpha value is -3.72. The first kappa shape index (κ1) is 41.3. The lowest BCUT2D eigenvalue weighted by Crippen LogP contribution is -2.42. The predicted molar refractivity (Wildman–Crippen MR) is 201 cm³/mol. The van der Waals surface area contributed by atoms with Gasteiger partial charge in [0.1, 0.15) is 11.3 Å². The Balaban J connectivity index is 0.000000763. The van der Waals surface area contributed by atoms with Gasteiger partial charge in [-0.25, -0.2) is 9.78 Å². The Morgan fingerprint density at radius 2 is 1.55 bits per heavy atom. The van der Waals surface area contributed by atoms with Gasteiger partial charge in [-0.1, -0.05) is 125 Å². The number of fused-ring (bicyclic) bond motifs is 7. The SMILES string of the molecule is CC.CC.CC1(C)CC(=O)Nc2c1ccc1ccccc21.CCC.CCC1CCn2c(=O)n(c(=O)c3[nH]c(C)nc32)CC(C)(C)C1.O.[HH]. The standard InChI is InChI=1S/C16H24N4O2.C15H15NO.C3H8.2C2H6.H2O.H2/c1-5-11-6-7-19-13-12(17-10(2)18-13)14(21)20(15(19)22)9-16(3,4)8-11;1-15(2)9-13(17)16-14-11-6-4-3-5-10(11)7-8-12(14)15;1-3-2;2*1-2;;/h11H,5-9H2,1-4H3,(H,17,18);3-8H,9H2,1-2H3,(H,16,17);3H2,1-2H3;2*1-2H3;1H2;1H. The van der Waals surface area contributed by atoms with Crippen LogP contribution in [0.25, 0.3) is 21.9 Å². The summed E-state index contributed by atoms with van der Waals surface area (Å²) in [7, 11) is 0. The number of nitrogens with zero attached hydrogens (tertiary/aromatic N) is 3. The summed E-state index contributed by atoms with van der Waals surface area (Å²) < 4.78 is 3.06. The highest BCUT2D eigenvalue weighted by molar-refractivity contribution is 6.06. The van der Waals surface area contributed by atoms with E-state index in [9.17, 15) is 14.4 Å². The van der Waals surface area contributed by atoms with Gasteiger partial charge in [0, 0.05) is 31.7 Å². The Morgan fingerprint density at radius 1 is 0.936 bits per heavy atom. The van der Waals surface area contributed by atoms with Crippen LogP contribution >= 0.6 is 0 Å². The van der Waals surface area contributed by atoms with Crippen LogP contribution in [-0.2, 0) is 23.3 Å². The Kier molecular flexibility index (Phi) is 15.8. The van der Waals surface area contributed by atoms with Crippen molar-refractivity contribution in [2.45, 2.75) is 134 Å². The van der Waals surface area contributed by atoms with E-state index in [1.54, 1.807) is 4.57 Å². The van der Waals surface area contributed by atoms with Crippen LogP contribution in [0, 0.1) is 18.3 Å². The molecule has 9 nitrogen and oxygen atoms in total. The molecule has 0 aliphatic carbocycles.